The van der Waals surface area contributed by atoms with Crippen LogP contribution < -0.4 is 0 Å². The fourth-order valence-corrected chi connectivity index (χ4v) is 4.48. The lowest BCUT2D eigenvalue weighted by Crippen LogP contribution is -2.49. The summed E-state index contributed by atoms with van der Waals surface area (Å²) in [6, 6.07) is 10.3. The summed E-state index contributed by atoms with van der Waals surface area (Å²) < 4.78 is 26.8. The molecule has 29 heavy (non-hydrogen) atoms. The van der Waals surface area contributed by atoms with Gasteiger partial charge in [-0.2, -0.15) is 0 Å². The van der Waals surface area contributed by atoms with E-state index < -0.39 is 17.0 Å². The van der Waals surface area contributed by atoms with Gasteiger partial charge in [-0.25, -0.2) is 4.39 Å². The third-order valence-corrected chi connectivity index (χ3v) is 5.87. The second kappa shape index (κ2) is 6.68. The number of fused-ring (bicyclic) bond motifs is 2. The zero-order valence-corrected chi connectivity index (χ0v) is 18.0. The largest absolute Gasteiger partial charge is 0.493 e. The molecule has 2 aromatic rings. The van der Waals surface area contributed by atoms with Crippen molar-refractivity contribution in [2.24, 2.45) is 0 Å². The number of ketones is 1. The number of rotatable bonds is 1. The van der Waals surface area contributed by atoms with Crippen LogP contribution in [0.15, 0.2) is 42.2 Å². The minimum absolute atomic E-state index is 0.0754. The fraction of sp³-hybridized carbons (Fsp3) is 0.375. The smallest absolute Gasteiger partial charge is 0.198 e. The first-order valence-corrected chi connectivity index (χ1v) is 10.1. The highest BCUT2D eigenvalue weighted by Crippen LogP contribution is 2.46. The molecule has 4 rings (SSSR count). The molecule has 2 heterocycles. The van der Waals surface area contributed by atoms with Crippen molar-refractivity contribution in [1.82, 2.24) is 0 Å². The van der Waals surface area contributed by atoms with Crippen molar-refractivity contribution in [2.45, 2.75) is 51.7 Å². The van der Waals surface area contributed by atoms with E-state index in [1.54, 1.807) is 26.0 Å². The van der Waals surface area contributed by atoms with Gasteiger partial charge in [0.15, 0.2) is 5.78 Å². The second-order valence-electron chi connectivity index (χ2n) is 8.79. The highest BCUT2D eigenvalue weighted by molar-refractivity contribution is 6.30. The number of carbonyl (C=O) groups is 1. The van der Waals surface area contributed by atoms with Crippen molar-refractivity contribution in [3.8, 4) is 11.1 Å². The normalized spacial score (nSPS) is 22.4. The molecule has 0 radical (unpaired) electrons. The Bertz CT molecular complexity index is 1050. The van der Waals surface area contributed by atoms with Crippen molar-refractivity contribution < 1.29 is 18.7 Å². The van der Waals surface area contributed by atoms with Crippen LogP contribution in [0.4, 0.5) is 4.39 Å². The molecule has 1 unspecified atom stereocenters. The van der Waals surface area contributed by atoms with Gasteiger partial charge in [-0.05, 0) is 68.7 Å². The van der Waals surface area contributed by atoms with Gasteiger partial charge in [-0.1, -0.05) is 30.7 Å². The maximum absolute atomic E-state index is 14.6. The van der Waals surface area contributed by atoms with Gasteiger partial charge in [-0.3, -0.25) is 4.79 Å². The van der Waals surface area contributed by atoms with E-state index in [0.29, 0.717) is 34.1 Å². The topological polar surface area (TPSA) is 35.5 Å². The molecular formula is C24H24ClFO3. The molecule has 0 N–H and O–H groups in total. The molecule has 5 heteroatoms. The van der Waals surface area contributed by atoms with E-state index in [-0.39, 0.29) is 11.7 Å². The van der Waals surface area contributed by atoms with Crippen molar-refractivity contribution in [2.75, 3.05) is 6.61 Å². The number of benzene rings is 2. The molecule has 0 aliphatic carbocycles. The van der Waals surface area contributed by atoms with Crippen LogP contribution >= 0.6 is 11.6 Å². The fourth-order valence-electron chi connectivity index (χ4n) is 4.32. The summed E-state index contributed by atoms with van der Waals surface area (Å²) in [5, 5.41) is 0.344. The number of ether oxygens (including phenoxy) is 2. The lowest BCUT2D eigenvalue weighted by atomic mass is 9.80. The number of Topliss-reactive ketones (excluding diaryl/α,β-unsaturated/α-hetero) is 1. The van der Waals surface area contributed by atoms with Gasteiger partial charge in [0.05, 0.1) is 12.2 Å². The van der Waals surface area contributed by atoms with E-state index in [1.165, 1.54) is 6.07 Å². The van der Waals surface area contributed by atoms with Crippen LogP contribution in [0.5, 0.6) is 0 Å². The van der Waals surface area contributed by atoms with Gasteiger partial charge in [0.1, 0.15) is 22.8 Å². The van der Waals surface area contributed by atoms with Crippen LogP contribution in [-0.4, -0.2) is 23.6 Å². The van der Waals surface area contributed by atoms with Crippen molar-refractivity contribution in [1.29, 1.82) is 0 Å². The quantitative estimate of drug-likeness (QED) is 0.561. The summed E-state index contributed by atoms with van der Waals surface area (Å²) in [6.45, 7) is 9.88. The van der Waals surface area contributed by atoms with Crippen LogP contribution in [0, 0.1) is 5.82 Å². The maximum atomic E-state index is 14.6. The predicted octanol–water partition coefficient (Wildman–Crippen LogP) is 6.15. The third kappa shape index (κ3) is 3.28. The Hall–Kier alpha value is -2.17. The average molecular weight is 415 g/mol. The summed E-state index contributed by atoms with van der Waals surface area (Å²) in [6.07, 6.45) is 0. The molecule has 0 fully saturated rings. The molecule has 152 valence electrons. The molecule has 0 bridgehead atoms. The first-order valence-electron chi connectivity index (χ1n) is 9.73. The van der Waals surface area contributed by atoms with Gasteiger partial charge in [0.2, 0.25) is 0 Å². The average Bonchev–Trinajstić information content (AvgIpc) is 2.76. The number of carbonyl (C=O) groups excluding carboxylic acids is 1. The molecule has 0 saturated heterocycles. The Morgan fingerprint density at radius 3 is 2.45 bits per heavy atom. The Kier molecular flexibility index (Phi) is 4.63. The third-order valence-electron chi connectivity index (χ3n) is 5.63. The minimum atomic E-state index is -0.988. The van der Waals surface area contributed by atoms with Crippen LogP contribution in [0.1, 0.15) is 51.7 Å². The van der Waals surface area contributed by atoms with E-state index in [9.17, 15) is 9.18 Å². The van der Waals surface area contributed by atoms with Gasteiger partial charge in [0.25, 0.3) is 0 Å². The van der Waals surface area contributed by atoms with Crippen LogP contribution in [0.2, 0.25) is 5.02 Å². The lowest BCUT2D eigenvalue weighted by molar-refractivity contribution is -0.160. The van der Waals surface area contributed by atoms with Crippen LogP contribution in [-0.2, 0) is 14.3 Å². The van der Waals surface area contributed by atoms with Gasteiger partial charge in [0, 0.05) is 16.5 Å². The molecular weight excluding hydrogens is 391 g/mol. The predicted molar refractivity (Wildman–Crippen MR) is 112 cm³/mol. The summed E-state index contributed by atoms with van der Waals surface area (Å²) in [5.74, 6) is 0.0898. The van der Waals surface area contributed by atoms with E-state index >= 15 is 0 Å². The molecule has 2 aliphatic heterocycles. The first-order chi connectivity index (χ1) is 13.5. The molecule has 2 aliphatic rings. The van der Waals surface area contributed by atoms with Gasteiger partial charge < -0.3 is 9.47 Å². The Morgan fingerprint density at radius 1 is 1.03 bits per heavy atom. The highest BCUT2D eigenvalue weighted by atomic mass is 35.5. The molecule has 1 atom stereocenters. The number of halogens is 2. The highest BCUT2D eigenvalue weighted by Gasteiger charge is 2.49. The molecule has 0 saturated carbocycles. The van der Waals surface area contributed by atoms with Crippen LogP contribution in [0.3, 0.4) is 0 Å². The maximum Gasteiger partial charge on any atom is 0.198 e. The summed E-state index contributed by atoms with van der Waals surface area (Å²) in [5.41, 5.74) is 1.71. The summed E-state index contributed by atoms with van der Waals surface area (Å²) >= 11 is 5.91. The van der Waals surface area contributed by atoms with Gasteiger partial charge in [-0.15, -0.1) is 0 Å². The Labute approximate surface area is 175 Å². The molecule has 0 aromatic heterocycles. The van der Waals surface area contributed by atoms with E-state index in [1.807, 2.05) is 32.0 Å². The standard InChI is InChI=1S/C24H24ClFO3/c1-13-12-28-22-20(21(27)23(2,3)29-24(22,4)5)18-10-14(6-8-16(13)18)17-9-7-15(25)11-19(17)26/h6-11,13H,12H2,1-5H3. The Morgan fingerprint density at radius 2 is 1.76 bits per heavy atom. The van der Waals surface area contributed by atoms with Crippen molar-refractivity contribution in [3.63, 3.8) is 0 Å². The molecule has 0 amide bonds. The zero-order chi connectivity index (χ0) is 21.1. The van der Waals surface area contributed by atoms with Gasteiger partial charge >= 0.3 is 0 Å². The minimum Gasteiger partial charge on any atom is -0.493 e. The zero-order valence-electron chi connectivity index (χ0n) is 17.2. The Balaban J connectivity index is 1.99. The molecule has 3 nitrogen and oxygen atoms in total. The molecule has 0 spiro atoms. The van der Waals surface area contributed by atoms with Crippen molar-refractivity contribution in [3.05, 3.63) is 64.1 Å². The number of hydrogen-bond donors (Lipinski definition) is 0. The SMILES string of the molecule is CC1COC2=C(C(=O)C(C)(C)OC2(C)C)c2cc(-c3ccc(Cl)cc3F)ccc21. The second-order valence-corrected chi connectivity index (χ2v) is 9.23. The van der Waals surface area contributed by atoms with E-state index in [4.69, 9.17) is 21.1 Å². The molecule has 2 aromatic carbocycles. The van der Waals surface area contributed by atoms with Crippen molar-refractivity contribution >= 4 is 23.0 Å². The van der Waals surface area contributed by atoms with Crippen LogP contribution in [0.25, 0.3) is 16.7 Å². The first kappa shape index (κ1) is 20.1. The summed E-state index contributed by atoms with van der Waals surface area (Å²) in [4.78, 5) is 13.4. The number of hydrogen-bond acceptors (Lipinski definition) is 3. The monoisotopic (exact) mass is 414 g/mol. The van der Waals surface area contributed by atoms with E-state index in [0.717, 1.165) is 11.1 Å². The summed E-state index contributed by atoms with van der Waals surface area (Å²) in [7, 11) is 0. The van der Waals surface area contributed by atoms with E-state index in [2.05, 4.69) is 6.92 Å². The lowest BCUT2D eigenvalue weighted by Gasteiger charge is -2.41.